The molecule has 1 aromatic rings. The Morgan fingerprint density at radius 3 is 2.69 bits per heavy atom. The van der Waals surface area contributed by atoms with E-state index in [2.05, 4.69) is 48.1 Å². The number of likely N-dealkylation sites (N-methyl/N-ethyl adjacent to an activating group) is 1. The Morgan fingerprint density at radius 1 is 1.20 bits per heavy atom. The SMILES string of the molecule is CC(=N/C=C(\C)C1=C2CCC(N3CCN(C)CC3)C(=CC=C1)C2)c1ccc(OC(C)C)c(C#N)c1. The summed E-state index contributed by atoms with van der Waals surface area (Å²) in [6.45, 7) is 12.7. The second kappa shape index (κ2) is 11.2. The van der Waals surface area contributed by atoms with E-state index in [9.17, 15) is 5.26 Å². The molecule has 0 spiro atoms. The van der Waals surface area contributed by atoms with Crippen LogP contribution >= 0.6 is 0 Å². The van der Waals surface area contributed by atoms with Crippen molar-refractivity contribution in [2.75, 3.05) is 33.2 Å². The number of fused-ring (bicyclic) bond motifs is 2. The van der Waals surface area contributed by atoms with Gasteiger partial charge < -0.3 is 9.64 Å². The van der Waals surface area contributed by atoms with Crippen LogP contribution in [-0.4, -0.2) is 60.9 Å². The van der Waals surface area contributed by atoms with Crippen LogP contribution in [0.15, 0.2) is 69.9 Å². The maximum Gasteiger partial charge on any atom is 0.137 e. The first-order valence-corrected chi connectivity index (χ1v) is 12.8. The van der Waals surface area contributed by atoms with Gasteiger partial charge in [-0.25, -0.2) is 0 Å². The summed E-state index contributed by atoms with van der Waals surface area (Å²) in [5.74, 6) is 0.622. The molecule has 0 aromatic heterocycles. The zero-order chi connectivity index (χ0) is 24.9. The number of nitriles is 1. The molecule has 4 rings (SSSR count). The number of nitrogens with zero attached hydrogens (tertiary/aromatic N) is 4. The van der Waals surface area contributed by atoms with E-state index >= 15 is 0 Å². The average Bonchev–Trinajstić information content (AvgIpc) is 3.01. The molecule has 1 atom stereocenters. The smallest absolute Gasteiger partial charge is 0.137 e. The average molecular weight is 471 g/mol. The van der Waals surface area contributed by atoms with Gasteiger partial charge in [0.25, 0.3) is 0 Å². The molecule has 0 amide bonds. The zero-order valence-corrected chi connectivity index (χ0v) is 21.8. The molecule has 1 saturated heterocycles. The summed E-state index contributed by atoms with van der Waals surface area (Å²) in [6.07, 6.45) is 12.3. The van der Waals surface area contributed by atoms with E-state index in [1.807, 2.05) is 45.2 Å². The van der Waals surface area contributed by atoms with Crippen LogP contribution in [0.2, 0.25) is 0 Å². The second-order valence-corrected chi connectivity index (χ2v) is 10.2. The second-order valence-electron chi connectivity index (χ2n) is 10.2. The van der Waals surface area contributed by atoms with E-state index in [4.69, 9.17) is 9.73 Å². The van der Waals surface area contributed by atoms with Crippen molar-refractivity contribution in [2.24, 2.45) is 4.99 Å². The molecule has 184 valence electrons. The molecule has 35 heavy (non-hydrogen) atoms. The molecule has 2 fully saturated rings. The highest BCUT2D eigenvalue weighted by molar-refractivity contribution is 5.99. The molecule has 5 heteroatoms. The van der Waals surface area contributed by atoms with Gasteiger partial charge in [0.1, 0.15) is 11.8 Å². The third-order valence-corrected chi connectivity index (χ3v) is 7.25. The molecule has 1 heterocycles. The summed E-state index contributed by atoms with van der Waals surface area (Å²) < 4.78 is 5.75. The Bertz CT molecular complexity index is 1140. The Morgan fingerprint density at radius 2 is 1.97 bits per heavy atom. The van der Waals surface area contributed by atoms with Gasteiger partial charge in [0.05, 0.1) is 11.7 Å². The van der Waals surface area contributed by atoms with Gasteiger partial charge in [-0.2, -0.15) is 5.26 Å². The van der Waals surface area contributed by atoms with Crippen LogP contribution in [-0.2, 0) is 0 Å². The van der Waals surface area contributed by atoms with E-state index < -0.39 is 0 Å². The maximum absolute atomic E-state index is 9.54. The molecule has 2 bridgehead atoms. The van der Waals surface area contributed by atoms with E-state index in [-0.39, 0.29) is 6.10 Å². The Hall–Kier alpha value is -2.94. The first-order valence-electron chi connectivity index (χ1n) is 12.8. The highest BCUT2D eigenvalue weighted by Gasteiger charge is 2.30. The van der Waals surface area contributed by atoms with Gasteiger partial charge in [-0.15, -0.1) is 0 Å². The fourth-order valence-corrected chi connectivity index (χ4v) is 5.23. The van der Waals surface area contributed by atoms with Crippen molar-refractivity contribution in [2.45, 2.75) is 59.1 Å². The largest absolute Gasteiger partial charge is 0.490 e. The van der Waals surface area contributed by atoms with Crippen LogP contribution < -0.4 is 4.74 Å². The minimum absolute atomic E-state index is 0.0297. The van der Waals surface area contributed by atoms with Gasteiger partial charge in [0, 0.05) is 44.1 Å². The van der Waals surface area contributed by atoms with Gasteiger partial charge in [-0.05, 0) is 94.5 Å². The quantitative estimate of drug-likeness (QED) is 0.504. The summed E-state index contributed by atoms with van der Waals surface area (Å²) in [5.41, 5.74) is 7.96. The Labute approximate surface area is 210 Å². The summed E-state index contributed by atoms with van der Waals surface area (Å²) >= 11 is 0. The van der Waals surface area contributed by atoms with Gasteiger partial charge in [0.2, 0.25) is 0 Å². The number of ether oxygens (including phenoxy) is 1. The van der Waals surface area contributed by atoms with Crippen molar-refractivity contribution in [3.05, 3.63) is 76.0 Å². The lowest BCUT2D eigenvalue weighted by atomic mass is 9.82. The van der Waals surface area contributed by atoms with Crippen molar-refractivity contribution >= 4 is 5.71 Å². The molecule has 1 saturated carbocycles. The van der Waals surface area contributed by atoms with Crippen LogP contribution in [0.25, 0.3) is 0 Å². The number of piperazine rings is 1. The van der Waals surface area contributed by atoms with Crippen molar-refractivity contribution in [1.29, 1.82) is 5.26 Å². The molecule has 0 radical (unpaired) electrons. The normalized spacial score (nSPS) is 22.2. The highest BCUT2D eigenvalue weighted by atomic mass is 16.5. The fourth-order valence-electron chi connectivity index (χ4n) is 5.23. The topological polar surface area (TPSA) is 51.9 Å². The monoisotopic (exact) mass is 470 g/mol. The molecular formula is C30H38N4O. The minimum Gasteiger partial charge on any atom is -0.490 e. The minimum atomic E-state index is 0.0297. The summed E-state index contributed by atoms with van der Waals surface area (Å²) in [4.78, 5) is 9.89. The molecule has 2 aliphatic carbocycles. The summed E-state index contributed by atoms with van der Waals surface area (Å²) in [7, 11) is 2.22. The van der Waals surface area contributed by atoms with Crippen LogP contribution in [0.1, 0.15) is 58.1 Å². The van der Waals surface area contributed by atoms with Crippen molar-refractivity contribution in [1.82, 2.24) is 9.80 Å². The Kier molecular flexibility index (Phi) is 8.05. The number of benzene rings is 1. The summed E-state index contributed by atoms with van der Waals surface area (Å²) in [5, 5.41) is 9.54. The predicted octanol–water partition coefficient (Wildman–Crippen LogP) is 5.65. The van der Waals surface area contributed by atoms with Gasteiger partial charge in [-0.1, -0.05) is 23.8 Å². The number of hydrogen-bond acceptors (Lipinski definition) is 5. The third-order valence-electron chi connectivity index (χ3n) is 7.25. The lowest BCUT2D eigenvalue weighted by Gasteiger charge is -2.41. The van der Waals surface area contributed by atoms with Crippen LogP contribution in [0.5, 0.6) is 5.75 Å². The third kappa shape index (κ3) is 6.01. The Balaban J connectivity index is 1.49. The fraction of sp³-hybridized carbons (Fsp3) is 0.467. The first kappa shape index (κ1) is 25.2. The van der Waals surface area contributed by atoms with Gasteiger partial charge in [-0.3, -0.25) is 9.89 Å². The van der Waals surface area contributed by atoms with E-state index in [0.29, 0.717) is 17.4 Å². The number of rotatable bonds is 6. The van der Waals surface area contributed by atoms with Crippen molar-refractivity contribution in [3.63, 3.8) is 0 Å². The molecular weight excluding hydrogens is 432 g/mol. The number of aliphatic imine (C=N–C) groups is 1. The molecule has 1 aliphatic heterocycles. The molecule has 1 unspecified atom stereocenters. The van der Waals surface area contributed by atoms with Gasteiger partial charge >= 0.3 is 0 Å². The van der Waals surface area contributed by atoms with E-state index in [1.165, 1.54) is 36.2 Å². The first-order chi connectivity index (χ1) is 16.9. The lowest BCUT2D eigenvalue weighted by molar-refractivity contribution is 0.117. The number of allylic oxidation sites excluding steroid dienone is 6. The van der Waals surface area contributed by atoms with Crippen LogP contribution in [0, 0.1) is 11.3 Å². The van der Waals surface area contributed by atoms with Crippen LogP contribution in [0.4, 0.5) is 0 Å². The standard InChI is InChI=1S/C30H38N4O/c1-21(2)35-30-12-10-24(17-27(30)19-31)23(4)32-20-22(3)28-8-6-7-26-18-25(28)9-11-29(26)34-15-13-33(5)14-16-34/h6-8,10,12,17,20-21,29H,9,11,13-16,18H2,1-5H3/b22-20+,32-23?. The molecule has 5 nitrogen and oxygen atoms in total. The zero-order valence-electron chi connectivity index (χ0n) is 21.8. The predicted molar refractivity (Wildman–Crippen MR) is 144 cm³/mol. The lowest BCUT2D eigenvalue weighted by Crippen LogP contribution is -2.50. The number of hydrogen-bond donors (Lipinski definition) is 0. The highest BCUT2D eigenvalue weighted by Crippen LogP contribution is 2.37. The molecule has 0 N–H and O–H groups in total. The van der Waals surface area contributed by atoms with E-state index in [0.717, 1.165) is 37.2 Å². The van der Waals surface area contributed by atoms with Crippen molar-refractivity contribution in [3.8, 4) is 11.8 Å². The molecule has 3 aliphatic rings. The van der Waals surface area contributed by atoms with Gasteiger partial charge in [0.15, 0.2) is 0 Å². The maximum atomic E-state index is 9.54. The summed E-state index contributed by atoms with van der Waals surface area (Å²) in [6, 6.07) is 8.54. The van der Waals surface area contributed by atoms with Crippen LogP contribution in [0.3, 0.4) is 0 Å². The van der Waals surface area contributed by atoms with Crippen molar-refractivity contribution < 1.29 is 4.74 Å². The van der Waals surface area contributed by atoms with E-state index in [1.54, 1.807) is 5.57 Å². The molecule has 1 aromatic carbocycles.